The zero-order valence-electron chi connectivity index (χ0n) is 15.1. The Morgan fingerprint density at radius 1 is 1.04 bits per heavy atom. The van der Waals surface area contributed by atoms with E-state index in [9.17, 15) is 9.59 Å². The van der Waals surface area contributed by atoms with Crippen molar-refractivity contribution < 1.29 is 14.3 Å². The number of amides is 1. The van der Waals surface area contributed by atoms with Gasteiger partial charge in [0, 0.05) is 21.5 Å². The lowest BCUT2D eigenvalue weighted by molar-refractivity contribution is 0.0603. The first-order valence-corrected chi connectivity index (χ1v) is 9.51. The van der Waals surface area contributed by atoms with Crippen molar-refractivity contribution in [1.29, 1.82) is 0 Å². The lowest BCUT2D eigenvalue weighted by atomic mass is 9.97. The topological polar surface area (TPSA) is 55.4 Å². The van der Waals surface area contributed by atoms with Gasteiger partial charge in [0.2, 0.25) is 0 Å². The molecule has 3 rings (SSSR count). The zero-order valence-corrected chi connectivity index (χ0v) is 16.7. The number of aryl methyl sites for hydroxylation is 2. The molecule has 0 radical (unpaired) electrons. The molecule has 0 aliphatic rings. The maximum Gasteiger partial charge on any atom is 0.341 e. The van der Waals surface area contributed by atoms with Crippen molar-refractivity contribution in [3.63, 3.8) is 0 Å². The molecule has 1 heterocycles. The SMILES string of the molecule is COC(=O)c1c(-c2ccc(C)cc2C)csc1NC(=O)c1ccc(Cl)cc1. The Morgan fingerprint density at radius 2 is 1.74 bits per heavy atom. The molecule has 0 saturated carbocycles. The van der Waals surface area contributed by atoms with Gasteiger partial charge in [-0.05, 0) is 49.2 Å². The number of anilines is 1. The van der Waals surface area contributed by atoms with Gasteiger partial charge in [-0.1, -0.05) is 35.4 Å². The molecule has 27 heavy (non-hydrogen) atoms. The van der Waals surface area contributed by atoms with Gasteiger partial charge in [-0.2, -0.15) is 0 Å². The van der Waals surface area contributed by atoms with Crippen molar-refractivity contribution in [3.05, 3.63) is 75.1 Å². The summed E-state index contributed by atoms with van der Waals surface area (Å²) in [5, 5.41) is 5.69. The molecule has 0 spiro atoms. The van der Waals surface area contributed by atoms with Crippen molar-refractivity contribution in [1.82, 2.24) is 0 Å². The average Bonchev–Trinajstić information content (AvgIpc) is 3.04. The van der Waals surface area contributed by atoms with Crippen LogP contribution in [0.25, 0.3) is 11.1 Å². The third kappa shape index (κ3) is 4.04. The second-order valence-electron chi connectivity index (χ2n) is 6.12. The molecule has 0 aliphatic heterocycles. The molecule has 2 aromatic carbocycles. The first kappa shape index (κ1) is 19.1. The minimum Gasteiger partial charge on any atom is -0.465 e. The smallest absolute Gasteiger partial charge is 0.341 e. The Kier molecular flexibility index (Phi) is 5.63. The third-order valence-electron chi connectivity index (χ3n) is 4.19. The van der Waals surface area contributed by atoms with Crippen LogP contribution in [0.4, 0.5) is 5.00 Å². The normalized spacial score (nSPS) is 10.5. The van der Waals surface area contributed by atoms with Gasteiger partial charge in [0.05, 0.1) is 7.11 Å². The molecule has 6 heteroatoms. The fourth-order valence-electron chi connectivity index (χ4n) is 2.85. The van der Waals surface area contributed by atoms with E-state index in [0.717, 1.165) is 22.3 Å². The Morgan fingerprint density at radius 3 is 2.37 bits per heavy atom. The quantitative estimate of drug-likeness (QED) is 0.570. The number of benzene rings is 2. The van der Waals surface area contributed by atoms with Crippen molar-refractivity contribution in [3.8, 4) is 11.1 Å². The fourth-order valence-corrected chi connectivity index (χ4v) is 3.91. The molecule has 0 fully saturated rings. The number of carbonyl (C=O) groups excluding carboxylic acids is 2. The standard InChI is InChI=1S/C21H18ClNO3S/c1-12-4-9-16(13(2)10-12)17-11-27-20(18(17)21(25)26-3)23-19(24)14-5-7-15(22)8-6-14/h4-11H,1-3H3,(H,23,24). The molecule has 1 amide bonds. The second-order valence-corrected chi connectivity index (χ2v) is 7.44. The van der Waals surface area contributed by atoms with Crippen molar-refractivity contribution >= 4 is 39.8 Å². The summed E-state index contributed by atoms with van der Waals surface area (Å²) in [6.45, 7) is 4.01. The van der Waals surface area contributed by atoms with E-state index >= 15 is 0 Å². The summed E-state index contributed by atoms with van der Waals surface area (Å²) in [6.07, 6.45) is 0. The molecule has 0 saturated heterocycles. The number of rotatable bonds is 4. The molecule has 0 unspecified atom stereocenters. The summed E-state index contributed by atoms with van der Waals surface area (Å²) in [5.74, 6) is -0.802. The molecule has 138 valence electrons. The first-order valence-electron chi connectivity index (χ1n) is 8.25. The number of nitrogens with one attached hydrogen (secondary N) is 1. The van der Waals surface area contributed by atoms with Crippen molar-refractivity contribution in [2.24, 2.45) is 0 Å². The van der Waals surface area contributed by atoms with Gasteiger partial charge < -0.3 is 10.1 Å². The molecule has 4 nitrogen and oxygen atoms in total. The lowest BCUT2D eigenvalue weighted by Crippen LogP contribution is -2.14. The Hall–Kier alpha value is -2.63. The number of thiophene rings is 1. The highest BCUT2D eigenvalue weighted by Crippen LogP contribution is 2.38. The Labute approximate surface area is 166 Å². The van der Waals surface area contributed by atoms with Gasteiger partial charge in [0.15, 0.2) is 0 Å². The van der Waals surface area contributed by atoms with Crippen molar-refractivity contribution in [2.45, 2.75) is 13.8 Å². The summed E-state index contributed by atoms with van der Waals surface area (Å²) >= 11 is 7.16. The van der Waals surface area contributed by atoms with E-state index < -0.39 is 5.97 Å². The van der Waals surface area contributed by atoms with Crippen LogP contribution in [0.3, 0.4) is 0 Å². The molecule has 3 aromatic rings. The van der Waals surface area contributed by atoms with E-state index in [1.54, 1.807) is 24.3 Å². The highest BCUT2D eigenvalue weighted by Gasteiger charge is 2.23. The minimum absolute atomic E-state index is 0.314. The number of ether oxygens (including phenoxy) is 1. The second kappa shape index (κ2) is 7.94. The minimum atomic E-state index is -0.488. The molecule has 1 N–H and O–H groups in total. The summed E-state index contributed by atoms with van der Waals surface area (Å²) in [4.78, 5) is 25.0. The average molecular weight is 400 g/mol. The van der Waals surface area contributed by atoms with Crippen LogP contribution < -0.4 is 5.32 Å². The van der Waals surface area contributed by atoms with Crippen LogP contribution in [-0.2, 0) is 4.74 Å². The van der Waals surface area contributed by atoms with Crippen LogP contribution >= 0.6 is 22.9 Å². The molecule has 0 bridgehead atoms. The Bertz CT molecular complexity index is 1010. The summed E-state index contributed by atoms with van der Waals surface area (Å²) < 4.78 is 4.96. The monoisotopic (exact) mass is 399 g/mol. The van der Waals surface area contributed by atoms with Gasteiger partial charge in [-0.25, -0.2) is 4.79 Å². The first-order chi connectivity index (χ1) is 12.9. The predicted octanol–water partition coefficient (Wildman–Crippen LogP) is 5.72. The van der Waals surface area contributed by atoms with Crippen LogP contribution in [0.2, 0.25) is 5.02 Å². The van der Waals surface area contributed by atoms with Crippen LogP contribution in [0, 0.1) is 13.8 Å². The molecule has 0 aliphatic carbocycles. The number of esters is 1. The molecular weight excluding hydrogens is 382 g/mol. The summed E-state index contributed by atoms with van der Waals surface area (Å²) in [5.41, 5.74) is 4.68. The van der Waals surface area contributed by atoms with E-state index in [4.69, 9.17) is 16.3 Å². The zero-order chi connectivity index (χ0) is 19.6. The number of methoxy groups -OCH3 is 1. The number of carbonyl (C=O) groups is 2. The summed E-state index contributed by atoms with van der Waals surface area (Å²) in [7, 11) is 1.33. The molecular formula is C21H18ClNO3S. The maximum atomic E-state index is 12.5. The third-order valence-corrected chi connectivity index (χ3v) is 5.33. The van der Waals surface area contributed by atoms with Crippen LogP contribution in [0.5, 0.6) is 0 Å². The number of halogens is 1. The van der Waals surface area contributed by atoms with Gasteiger partial charge >= 0.3 is 5.97 Å². The Balaban J connectivity index is 2.01. The van der Waals surface area contributed by atoms with E-state index in [-0.39, 0.29) is 5.91 Å². The number of hydrogen-bond acceptors (Lipinski definition) is 4. The van der Waals surface area contributed by atoms with E-state index in [1.165, 1.54) is 18.4 Å². The van der Waals surface area contributed by atoms with Crippen LogP contribution in [-0.4, -0.2) is 19.0 Å². The van der Waals surface area contributed by atoms with Gasteiger partial charge in [-0.3, -0.25) is 4.79 Å². The largest absolute Gasteiger partial charge is 0.465 e. The van der Waals surface area contributed by atoms with Crippen LogP contribution in [0.15, 0.2) is 47.8 Å². The van der Waals surface area contributed by atoms with E-state index in [1.807, 2.05) is 31.4 Å². The molecule has 0 atom stereocenters. The van der Waals surface area contributed by atoms with E-state index in [0.29, 0.717) is 21.2 Å². The van der Waals surface area contributed by atoms with Gasteiger partial charge in [0.25, 0.3) is 5.91 Å². The van der Waals surface area contributed by atoms with Crippen LogP contribution in [0.1, 0.15) is 31.8 Å². The highest BCUT2D eigenvalue weighted by molar-refractivity contribution is 7.15. The maximum absolute atomic E-state index is 12.5. The summed E-state index contributed by atoms with van der Waals surface area (Å²) in [6, 6.07) is 12.6. The highest BCUT2D eigenvalue weighted by atomic mass is 35.5. The molecule has 1 aromatic heterocycles. The van der Waals surface area contributed by atoms with Gasteiger partial charge in [-0.15, -0.1) is 11.3 Å². The predicted molar refractivity (Wildman–Crippen MR) is 110 cm³/mol. The fraction of sp³-hybridized carbons (Fsp3) is 0.143. The van der Waals surface area contributed by atoms with Gasteiger partial charge in [0.1, 0.15) is 10.6 Å². The number of hydrogen-bond donors (Lipinski definition) is 1. The lowest BCUT2D eigenvalue weighted by Gasteiger charge is -2.10. The van der Waals surface area contributed by atoms with E-state index in [2.05, 4.69) is 11.4 Å². The van der Waals surface area contributed by atoms with Crippen molar-refractivity contribution in [2.75, 3.05) is 12.4 Å².